The standard InChI is InChI=1S/C20H31N3O2S2/c1-13(2)12-21-20(26)22-8-10-23(11-9-22)27(24,25)19-17(6)15(4)14(3)16(5)18(19)7/h1,8-12H2,2-7H3,(H,21,26). The molecule has 2 rings (SSSR count). The van der Waals surface area contributed by atoms with Crippen LogP contribution in [0.1, 0.15) is 34.7 Å². The molecule has 1 N–H and O–H groups in total. The number of sulfonamides is 1. The minimum Gasteiger partial charge on any atom is -0.359 e. The number of rotatable bonds is 4. The zero-order valence-corrected chi connectivity index (χ0v) is 18.9. The molecule has 7 heteroatoms. The summed E-state index contributed by atoms with van der Waals surface area (Å²) in [6.07, 6.45) is 0. The summed E-state index contributed by atoms with van der Waals surface area (Å²) in [5.41, 5.74) is 6.01. The lowest BCUT2D eigenvalue weighted by Crippen LogP contribution is -2.53. The molecule has 0 amide bonds. The van der Waals surface area contributed by atoms with Crippen molar-refractivity contribution in [2.24, 2.45) is 0 Å². The van der Waals surface area contributed by atoms with E-state index in [-0.39, 0.29) is 0 Å². The van der Waals surface area contributed by atoms with E-state index in [4.69, 9.17) is 12.2 Å². The molecule has 1 fully saturated rings. The molecule has 5 nitrogen and oxygen atoms in total. The van der Waals surface area contributed by atoms with Crippen molar-refractivity contribution in [3.05, 3.63) is 40.0 Å². The van der Waals surface area contributed by atoms with Gasteiger partial charge in [-0.25, -0.2) is 8.42 Å². The molecule has 1 aliphatic rings. The summed E-state index contributed by atoms with van der Waals surface area (Å²) < 4.78 is 28.4. The molecule has 0 radical (unpaired) electrons. The number of hydrogen-bond donors (Lipinski definition) is 1. The van der Waals surface area contributed by atoms with Crippen LogP contribution in [0.4, 0.5) is 0 Å². The number of nitrogens with zero attached hydrogens (tertiary/aromatic N) is 2. The van der Waals surface area contributed by atoms with Crippen LogP contribution >= 0.6 is 12.2 Å². The van der Waals surface area contributed by atoms with E-state index in [9.17, 15) is 8.42 Å². The number of thiocarbonyl (C=S) groups is 1. The predicted molar refractivity (Wildman–Crippen MR) is 116 cm³/mol. The van der Waals surface area contributed by atoms with Crippen molar-refractivity contribution in [2.45, 2.75) is 46.4 Å². The highest BCUT2D eigenvalue weighted by molar-refractivity contribution is 7.89. The topological polar surface area (TPSA) is 52.6 Å². The van der Waals surface area contributed by atoms with Crippen LogP contribution < -0.4 is 5.32 Å². The van der Waals surface area contributed by atoms with Crippen LogP contribution in [-0.2, 0) is 10.0 Å². The van der Waals surface area contributed by atoms with Crippen LogP contribution in [0.3, 0.4) is 0 Å². The van der Waals surface area contributed by atoms with E-state index >= 15 is 0 Å². The Hall–Kier alpha value is -1.44. The molecule has 0 aliphatic carbocycles. The quantitative estimate of drug-likeness (QED) is 0.612. The Bertz CT molecular complexity index is 839. The van der Waals surface area contributed by atoms with Crippen LogP contribution in [0, 0.1) is 34.6 Å². The van der Waals surface area contributed by atoms with Gasteiger partial charge in [-0.2, -0.15) is 4.31 Å². The third-order valence-corrected chi connectivity index (χ3v) is 8.17. The predicted octanol–water partition coefficient (Wildman–Crippen LogP) is 2.99. The van der Waals surface area contributed by atoms with Crippen LogP contribution in [0.25, 0.3) is 0 Å². The van der Waals surface area contributed by atoms with E-state index in [1.165, 1.54) is 5.56 Å². The number of nitrogens with one attached hydrogen (secondary N) is 1. The molecule has 150 valence electrons. The zero-order valence-electron chi connectivity index (χ0n) is 17.3. The average Bonchev–Trinajstić information content (AvgIpc) is 2.62. The van der Waals surface area contributed by atoms with Crippen molar-refractivity contribution in [2.75, 3.05) is 32.7 Å². The number of hydrogen-bond acceptors (Lipinski definition) is 3. The van der Waals surface area contributed by atoms with Crippen LogP contribution in [0.5, 0.6) is 0 Å². The molecule has 1 aliphatic heterocycles. The minimum absolute atomic E-state index is 0.433. The van der Waals surface area contributed by atoms with Gasteiger partial charge in [0.1, 0.15) is 0 Å². The molecule has 0 saturated carbocycles. The van der Waals surface area contributed by atoms with Gasteiger partial charge >= 0.3 is 0 Å². The van der Waals surface area contributed by atoms with Crippen LogP contribution in [-0.4, -0.2) is 55.5 Å². The largest absolute Gasteiger partial charge is 0.359 e. The lowest BCUT2D eigenvalue weighted by atomic mass is 9.95. The molecule has 0 unspecified atom stereocenters. The molecular weight excluding hydrogens is 378 g/mol. The van der Waals surface area contributed by atoms with E-state index in [1.54, 1.807) is 4.31 Å². The zero-order chi connectivity index (χ0) is 20.5. The van der Waals surface area contributed by atoms with Crippen molar-refractivity contribution in [1.82, 2.24) is 14.5 Å². The lowest BCUT2D eigenvalue weighted by Gasteiger charge is -2.36. The Kier molecular flexibility index (Phi) is 6.71. The molecule has 0 bridgehead atoms. The summed E-state index contributed by atoms with van der Waals surface area (Å²) in [6, 6.07) is 0. The maximum atomic E-state index is 13.4. The number of benzene rings is 1. The molecule has 1 aromatic carbocycles. The Balaban J connectivity index is 2.21. The van der Waals surface area contributed by atoms with Crippen molar-refractivity contribution in [3.63, 3.8) is 0 Å². The first-order valence-electron chi connectivity index (χ1n) is 9.22. The molecule has 27 heavy (non-hydrogen) atoms. The summed E-state index contributed by atoms with van der Waals surface area (Å²) in [7, 11) is -3.53. The van der Waals surface area contributed by atoms with Crippen LogP contribution in [0.15, 0.2) is 17.0 Å². The van der Waals surface area contributed by atoms with E-state index in [1.807, 2.05) is 39.5 Å². The van der Waals surface area contributed by atoms with Gasteiger partial charge in [0.25, 0.3) is 0 Å². The Morgan fingerprint density at radius 1 is 0.963 bits per heavy atom. The van der Waals surface area contributed by atoms with Gasteiger partial charge in [0.2, 0.25) is 10.0 Å². The highest BCUT2D eigenvalue weighted by atomic mass is 32.2. The molecule has 0 aromatic heterocycles. The molecular formula is C20H31N3O2S2. The van der Waals surface area contributed by atoms with Crippen molar-refractivity contribution < 1.29 is 8.42 Å². The van der Waals surface area contributed by atoms with Gasteiger partial charge in [-0.05, 0) is 81.6 Å². The highest BCUT2D eigenvalue weighted by Gasteiger charge is 2.32. The van der Waals surface area contributed by atoms with Crippen molar-refractivity contribution in [1.29, 1.82) is 0 Å². The second kappa shape index (κ2) is 8.29. The van der Waals surface area contributed by atoms with E-state index in [0.717, 1.165) is 27.8 Å². The van der Waals surface area contributed by atoms with Crippen molar-refractivity contribution >= 4 is 27.4 Å². The van der Waals surface area contributed by atoms with Gasteiger partial charge in [0.15, 0.2) is 5.11 Å². The first-order chi connectivity index (χ1) is 12.5. The molecule has 1 aromatic rings. The summed E-state index contributed by atoms with van der Waals surface area (Å²) >= 11 is 5.41. The van der Waals surface area contributed by atoms with E-state index < -0.39 is 10.0 Å². The third kappa shape index (κ3) is 4.36. The molecule has 0 spiro atoms. The van der Waals surface area contributed by atoms with Gasteiger partial charge in [0, 0.05) is 32.7 Å². The maximum absolute atomic E-state index is 13.4. The molecule has 0 atom stereocenters. The Morgan fingerprint density at radius 3 is 1.85 bits per heavy atom. The fraction of sp³-hybridized carbons (Fsp3) is 0.550. The fourth-order valence-electron chi connectivity index (χ4n) is 3.45. The summed E-state index contributed by atoms with van der Waals surface area (Å²) in [5, 5.41) is 3.82. The summed E-state index contributed by atoms with van der Waals surface area (Å²) in [6.45, 7) is 18.4. The SMILES string of the molecule is C=C(C)CNC(=S)N1CCN(S(=O)(=O)c2c(C)c(C)c(C)c(C)c2C)CC1. The fourth-order valence-corrected chi connectivity index (χ4v) is 5.69. The normalized spacial score (nSPS) is 15.7. The molecule has 1 heterocycles. The van der Waals surface area contributed by atoms with Crippen LogP contribution in [0.2, 0.25) is 0 Å². The maximum Gasteiger partial charge on any atom is 0.243 e. The summed E-state index contributed by atoms with van der Waals surface area (Å²) in [4.78, 5) is 2.50. The second-order valence-electron chi connectivity index (χ2n) is 7.46. The van der Waals surface area contributed by atoms with Gasteiger partial charge < -0.3 is 10.2 Å². The van der Waals surface area contributed by atoms with Crippen molar-refractivity contribution in [3.8, 4) is 0 Å². The Morgan fingerprint density at radius 2 is 1.41 bits per heavy atom. The first kappa shape index (κ1) is 21.9. The monoisotopic (exact) mass is 409 g/mol. The summed E-state index contributed by atoms with van der Waals surface area (Å²) in [5.74, 6) is 0. The van der Waals surface area contributed by atoms with Gasteiger partial charge in [-0.3, -0.25) is 0 Å². The first-order valence-corrected chi connectivity index (χ1v) is 11.1. The van der Waals surface area contributed by atoms with E-state index in [2.05, 4.69) is 18.8 Å². The second-order valence-corrected chi connectivity index (χ2v) is 9.72. The van der Waals surface area contributed by atoms with E-state index in [0.29, 0.717) is 42.7 Å². The smallest absolute Gasteiger partial charge is 0.243 e. The lowest BCUT2D eigenvalue weighted by molar-refractivity contribution is 0.264. The highest BCUT2D eigenvalue weighted by Crippen LogP contribution is 2.31. The molecule has 1 saturated heterocycles. The van der Waals surface area contributed by atoms with Gasteiger partial charge in [-0.15, -0.1) is 0 Å². The van der Waals surface area contributed by atoms with Gasteiger partial charge in [0.05, 0.1) is 4.90 Å². The number of piperazine rings is 1. The minimum atomic E-state index is -3.53. The third-order valence-electron chi connectivity index (χ3n) is 5.60. The van der Waals surface area contributed by atoms with Gasteiger partial charge in [-0.1, -0.05) is 12.2 Å². The Labute approximate surface area is 169 Å². The average molecular weight is 410 g/mol.